The Balaban J connectivity index is 2.14. The van der Waals surface area contributed by atoms with E-state index in [0.717, 1.165) is 5.92 Å². The molecule has 2 unspecified atom stereocenters. The maximum Gasteiger partial charge on any atom is 0.126 e. The summed E-state index contributed by atoms with van der Waals surface area (Å²) in [5.74, 6) is 0.891. The van der Waals surface area contributed by atoms with Crippen LogP contribution in [0.4, 0.5) is 0 Å². The minimum atomic E-state index is 0.140. The Kier molecular flexibility index (Phi) is 1.74. The highest BCUT2D eigenvalue weighted by Crippen LogP contribution is 2.48. The molecule has 0 N–H and O–H groups in total. The Morgan fingerprint density at radius 3 is 2.91 bits per heavy atom. The highest BCUT2D eigenvalue weighted by atomic mass is 16.1. The number of carbonyl (C=O) groups excluding carboxylic acids is 1. The fourth-order valence-corrected chi connectivity index (χ4v) is 2.82. The summed E-state index contributed by atoms with van der Waals surface area (Å²) in [7, 11) is 0. The van der Waals surface area contributed by atoms with Crippen molar-refractivity contribution in [1.29, 1.82) is 0 Å². The first-order chi connectivity index (χ1) is 5.35. The predicted molar refractivity (Wildman–Crippen MR) is 44.3 cm³/mol. The van der Waals surface area contributed by atoms with Crippen LogP contribution in [0.5, 0.6) is 0 Å². The highest BCUT2D eigenvalue weighted by Gasteiger charge is 2.39. The van der Waals surface area contributed by atoms with Crippen LogP contribution in [0.25, 0.3) is 0 Å². The molecule has 2 aliphatic rings. The van der Waals surface area contributed by atoms with Crippen LogP contribution in [0.2, 0.25) is 0 Å². The van der Waals surface area contributed by atoms with Crippen molar-refractivity contribution in [1.82, 2.24) is 0 Å². The van der Waals surface area contributed by atoms with Gasteiger partial charge in [-0.25, -0.2) is 0 Å². The van der Waals surface area contributed by atoms with Crippen molar-refractivity contribution >= 4 is 6.29 Å². The van der Waals surface area contributed by atoms with Crippen LogP contribution in [0, 0.1) is 11.3 Å². The second-order valence-corrected chi connectivity index (χ2v) is 4.33. The first-order valence-electron chi connectivity index (χ1n) is 4.81. The lowest BCUT2D eigenvalue weighted by molar-refractivity contribution is -0.116. The summed E-state index contributed by atoms with van der Waals surface area (Å²) in [6.07, 6.45) is 10.2. The molecule has 2 saturated carbocycles. The van der Waals surface area contributed by atoms with Crippen molar-refractivity contribution in [2.24, 2.45) is 11.3 Å². The summed E-state index contributed by atoms with van der Waals surface area (Å²) in [4.78, 5) is 10.9. The van der Waals surface area contributed by atoms with Crippen LogP contribution in [-0.2, 0) is 4.79 Å². The zero-order valence-corrected chi connectivity index (χ0v) is 7.01. The van der Waals surface area contributed by atoms with Crippen LogP contribution in [0.1, 0.15) is 44.9 Å². The molecule has 0 saturated heterocycles. The second-order valence-electron chi connectivity index (χ2n) is 4.33. The van der Waals surface area contributed by atoms with Gasteiger partial charge in [0.15, 0.2) is 0 Å². The van der Waals surface area contributed by atoms with E-state index in [1.807, 2.05) is 0 Å². The monoisotopic (exact) mass is 152 g/mol. The summed E-state index contributed by atoms with van der Waals surface area (Å²) in [6, 6.07) is 0. The first-order valence-corrected chi connectivity index (χ1v) is 4.81. The van der Waals surface area contributed by atoms with Gasteiger partial charge in [-0.2, -0.15) is 0 Å². The number of hydrogen-bond donors (Lipinski definition) is 0. The van der Waals surface area contributed by atoms with Crippen LogP contribution in [0.3, 0.4) is 0 Å². The van der Waals surface area contributed by atoms with Gasteiger partial charge in [0.05, 0.1) is 0 Å². The van der Waals surface area contributed by atoms with Gasteiger partial charge in [-0.05, 0) is 31.6 Å². The third-order valence-corrected chi connectivity index (χ3v) is 3.53. The van der Waals surface area contributed by atoms with E-state index in [9.17, 15) is 4.79 Å². The van der Waals surface area contributed by atoms with Crippen LogP contribution in [-0.4, -0.2) is 6.29 Å². The largest absolute Gasteiger partial charge is 0.303 e. The summed E-state index contributed by atoms with van der Waals surface area (Å²) in [5, 5.41) is 0. The average molecular weight is 152 g/mol. The molecule has 62 valence electrons. The molecule has 0 spiro atoms. The lowest BCUT2D eigenvalue weighted by atomic mass is 9.83. The number of aldehydes is 1. The van der Waals surface area contributed by atoms with Gasteiger partial charge in [0.2, 0.25) is 0 Å². The van der Waals surface area contributed by atoms with E-state index in [1.165, 1.54) is 51.2 Å². The average Bonchev–Trinajstić information content (AvgIpc) is 2.28. The van der Waals surface area contributed by atoms with E-state index in [2.05, 4.69) is 0 Å². The van der Waals surface area contributed by atoms with Gasteiger partial charge < -0.3 is 4.79 Å². The Morgan fingerprint density at radius 1 is 1.18 bits per heavy atom. The number of fused-ring (bicyclic) bond motifs is 2. The van der Waals surface area contributed by atoms with Crippen molar-refractivity contribution in [3.63, 3.8) is 0 Å². The van der Waals surface area contributed by atoms with E-state index < -0.39 is 0 Å². The van der Waals surface area contributed by atoms with Gasteiger partial charge >= 0.3 is 0 Å². The van der Waals surface area contributed by atoms with Gasteiger partial charge in [0.1, 0.15) is 6.29 Å². The molecule has 0 amide bonds. The Hall–Kier alpha value is -0.330. The molecule has 0 aromatic heterocycles. The molecule has 2 fully saturated rings. The van der Waals surface area contributed by atoms with Crippen molar-refractivity contribution < 1.29 is 4.79 Å². The number of rotatable bonds is 1. The SMILES string of the molecule is O=CC12CCCCC(CC1)C2. The molecular weight excluding hydrogens is 136 g/mol. The van der Waals surface area contributed by atoms with Gasteiger partial charge in [0, 0.05) is 5.41 Å². The summed E-state index contributed by atoms with van der Waals surface area (Å²) in [5.41, 5.74) is 0.140. The third kappa shape index (κ3) is 1.21. The fourth-order valence-electron chi connectivity index (χ4n) is 2.82. The first kappa shape index (κ1) is 7.33. The van der Waals surface area contributed by atoms with Crippen LogP contribution >= 0.6 is 0 Å². The zero-order valence-electron chi connectivity index (χ0n) is 7.01. The van der Waals surface area contributed by atoms with E-state index >= 15 is 0 Å². The fraction of sp³-hybridized carbons (Fsp3) is 0.900. The second kappa shape index (κ2) is 2.62. The Bertz CT molecular complexity index is 164. The molecule has 2 aliphatic carbocycles. The van der Waals surface area contributed by atoms with Crippen molar-refractivity contribution in [3.8, 4) is 0 Å². The van der Waals surface area contributed by atoms with Gasteiger partial charge in [-0.15, -0.1) is 0 Å². The highest BCUT2D eigenvalue weighted by molar-refractivity contribution is 5.60. The van der Waals surface area contributed by atoms with Crippen molar-refractivity contribution in [2.75, 3.05) is 0 Å². The van der Waals surface area contributed by atoms with Crippen LogP contribution < -0.4 is 0 Å². The smallest absolute Gasteiger partial charge is 0.126 e. The third-order valence-electron chi connectivity index (χ3n) is 3.53. The molecule has 1 heteroatoms. The maximum atomic E-state index is 10.9. The molecule has 0 radical (unpaired) electrons. The van der Waals surface area contributed by atoms with Gasteiger partial charge in [0.25, 0.3) is 0 Å². The minimum absolute atomic E-state index is 0.140. The molecule has 2 rings (SSSR count). The number of hydrogen-bond acceptors (Lipinski definition) is 1. The Morgan fingerprint density at radius 2 is 2.09 bits per heavy atom. The normalized spacial score (nSPS) is 43.5. The minimum Gasteiger partial charge on any atom is -0.303 e. The lowest BCUT2D eigenvalue weighted by Crippen LogP contribution is -2.17. The molecule has 1 nitrogen and oxygen atoms in total. The number of carbonyl (C=O) groups is 1. The van der Waals surface area contributed by atoms with E-state index in [-0.39, 0.29) is 5.41 Å². The standard InChI is InChI=1S/C10H16O/c11-8-10-5-2-1-3-9(7-10)4-6-10/h8-9H,1-7H2. The Labute approximate surface area is 68.2 Å². The molecule has 0 aromatic carbocycles. The summed E-state index contributed by atoms with van der Waals surface area (Å²) < 4.78 is 0. The van der Waals surface area contributed by atoms with E-state index in [4.69, 9.17) is 0 Å². The van der Waals surface area contributed by atoms with E-state index in [0.29, 0.717) is 0 Å². The van der Waals surface area contributed by atoms with Gasteiger partial charge in [-0.3, -0.25) is 0 Å². The topological polar surface area (TPSA) is 17.1 Å². The zero-order chi connectivity index (χ0) is 7.73. The lowest BCUT2D eigenvalue weighted by Gasteiger charge is -2.19. The quantitative estimate of drug-likeness (QED) is 0.528. The predicted octanol–water partition coefficient (Wildman–Crippen LogP) is 2.55. The maximum absolute atomic E-state index is 10.9. The molecule has 11 heavy (non-hydrogen) atoms. The molecule has 0 aliphatic heterocycles. The van der Waals surface area contributed by atoms with Crippen molar-refractivity contribution in [3.05, 3.63) is 0 Å². The summed E-state index contributed by atoms with van der Waals surface area (Å²) in [6.45, 7) is 0. The molecule has 2 atom stereocenters. The molecule has 0 aromatic rings. The molecule has 2 bridgehead atoms. The molecular formula is C10H16O. The van der Waals surface area contributed by atoms with Crippen LogP contribution in [0.15, 0.2) is 0 Å². The summed E-state index contributed by atoms with van der Waals surface area (Å²) >= 11 is 0. The van der Waals surface area contributed by atoms with E-state index in [1.54, 1.807) is 0 Å². The van der Waals surface area contributed by atoms with Gasteiger partial charge in [-0.1, -0.05) is 19.3 Å². The van der Waals surface area contributed by atoms with Crippen molar-refractivity contribution in [2.45, 2.75) is 44.9 Å². The molecule has 0 heterocycles.